The van der Waals surface area contributed by atoms with Gasteiger partial charge in [-0.15, -0.1) is 0 Å². The lowest BCUT2D eigenvalue weighted by Gasteiger charge is -2.08. The molecule has 2 aromatic rings. The van der Waals surface area contributed by atoms with Gasteiger partial charge in [-0.2, -0.15) is 0 Å². The average Bonchev–Trinajstić information content (AvgIpc) is 2.31. The zero-order chi connectivity index (χ0) is 14.0. The molecule has 0 amide bonds. The number of halogens is 2. The Morgan fingerprint density at radius 1 is 1.32 bits per heavy atom. The number of hydrogen-bond acceptors (Lipinski definition) is 4. The Bertz CT molecular complexity index is 719. The maximum Gasteiger partial charge on any atom is 0.184 e. The van der Waals surface area contributed by atoms with Gasteiger partial charge in [0, 0.05) is 16.9 Å². The van der Waals surface area contributed by atoms with Crippen LogP contribution in [0.5, 0.6) is 0 Å². The van der Waals surface area contributed by atoms with Gasteiger partial charge < -0.3 is 5.73 Å². The van der Waals surface area contributed by atoms with Crippen LogP contribution in [-0.4, -0.2) is 13.4 Å². The van der Waals surface area contributed by atoms with Gasteiger partial charge in [0.05, 0.1) is 21.4 Å². The SMILES string of the molecule is Nc1cc(Br)ccc1S(=O)(=O)Cc1ccncc1Cl. The van der Waals surface area contributed by atoms with E-state index in [1.54, 1.807) is 18.2 Å². The molecule has 0 aliphatic heterocycles. The third-order valence-electron chi connectivity index (χ3n) is 2.51. The highest BCUT2D eigenvalue weighted by Gasteiger charge is 2.19. The minimum absolute atomic E-state index is 0.101. The average molecular weight is 362 g/mol. The number of nitrogens with two attached hydrogens (primary N) is 1. The largest absolute Gasteiger partial charge is 0.398 e. The van der Waals surface area contributed by atoms with E-state index in [1.807, 2.05) is 0 Å². The van der Waals surface area contributed by atoms with Crippen LogP contribution in [0.1, 0.15) is 5.56 Å². The molecule has 4 nitrogen and oxygen atoms in total. The van der Waals surface area contributed by atoms with E-state index < -0.39 is 9.84 Å². The lowest BCUT2D eigenvalue weighted by molar-refractivity contribution is 0.595. The molecule has 0 saturated heterocycles. The van der Waals surface area contributed by atoms with Crippen molar-refractivity contribution >= 4 is 43.1 Å². The van der Waals surface area contributed by atoms with Gasteiger partial charge in [-0.05, 0) is 29.8 Å². The molecular formula is C12H10BrClN2O2S. The fraction of sp³-hybridized carbons (Fsp3) is 0.0833. The molecule has 1 heterocycles. The Morgan fingerprint density at radius 3 is 2.68 bits per heavy atom. The molecule has 0 unspecified atom stereocenters. The summed E-state index contributed by atoms with van der Waals surface area (Å²) in [5.41, 5.74) is 6.45. The normalized spacial score (nSPS) is 11.5. The first-order chi connectivity index (χ1) is 8.90. The highest BCUT2D eigenvalue weighted by Crippen LogP contribution is 2.27. The van der Waals surface area contributed by atoms with Gasteiger partial charge in [-0.3, -0.25) is 4.98 Å². The third kappa shape index (κ3) is 3.26. The van der Waals surface area contributed by atoms with Crippen LogP contribution in [0.15, 0.2) is 46.0 Å². The van der Waals surface area contributed by atoms with Crippen molar-refractivity contribution in [1.82, 2.24) is 4.98 Å². The number of nitrogens with zero attached hydrogens (tertiary/aromatic N) is 1. The number of aromatic nitrogens is 1. The molecule has 0 bridgehead atoms. The predicted octanol–water partition coefficient (Wildman–Crippen LogP) is 3.05. The molecule has 2 rings (SSSR count). The highest BCUT2D eigenvalue weighted by molar-refractivity contribution is 9.10. The lowest BCUT2D eigenvalue weighted by atomic mass is 10.3. The first-order valence-electron chi connectivity index (χ1n) is 5.26. The topological polar surface area (TPSA) is 73.1 Å². The molecule has 0 aliphatic carbocycles. The standard InChI is InChI=1S/C12H10BrClN2O2S/c13-9-1-2-12(11(15)5-9)19(17,18)7-8-3-4-16-6-10(8)14/h1-6H,7,15H2. The Kier molecular flexibility index (Phi) is 4.13. The summed E-state index contributed by atoms with van der Waals surface area (Å²) in [6.45, 7) is 0. The maximum absolute atomic E-state index is 12.3. The monoisotopic (exact) mass is 360 g/mol. The summed E-state index contributed by atoms with van der Waals surface area (Å²) < 4.78 is 25.4. The summed E-state index contributed by atoms with van der Waals surface area (Å²) >= 11 is 9.15. The number of rotatable bonds is 3. The van der Waals surface area contributed by atoms with Crippen molar-refractivity contribution < 1.29 is 8.42 Å². The van der Waals surface area contributed by atoms with Crippen LogP contribution in [0.3, 0.4) is 0 Å². The van der Waals surface area contributed by atoms with Crippen molar-refractivity contribution in [3.63, 3.8) is 0 Å². The number of sulfone groups is 1. The first-order valence-corrected chi connectivity index (χ1v) is 8.08. The van der Waals surface area contributed by atoms with E-state index in [0.717, 1.165) is 4.47 Å². The van der Waals surface area contributed by atoms with Gasteiger partial charge >= 0.3 is 0 Å². The van der Waals surface area contributed by atoms with E-state index in [0.29, 0.717) is 10.6 Å². The van der Waals surface area contributed by atoms with Crippen LogP contribution in [0, 0.1) is 0 Å². The van der Waals surface area contributed by atoms with Crippen LogP contribution in [0.4, 0.5) is 5.69 Å². The van der Waals surface area contributed by atoms with Crippen molar-refractivity contribution in [2.45, 2.75) is 10.6 Å². The third-order valence-corrected chi connectivity index (χ3v) is 5.08. The van der Waals surface area contributed by atoms with Gasteiger partial charge in [-0.25, -0.2) is 8.42 Å². The zero-order valence-electron chi connectivity index (χ0n) is 9.68. The molecule has 1 aromatic heterocycles. The fourth-order valence-corrected chi connectivity index (χ4v) is 3.76. The van der Waals surface area contributed by atoms with Crippen molar-refractivity contribution in [1.29, 1.82) is 0 Å². The number of benzene rings is 1. The van der Waals surface area contributed by atoms with Crippen molar-refractivity contribution in [2.24, 2.45) is 0 Å². The molecule has 0 radical (unpaired) electrons. The molecule has 0 atom stereocenters. The molecular weight excluding hydrogens is 352 g/mol. The summed E-state index contributed by atoms with van der Waals surface area (Å²) in [5, 5.41) is 0.321. The summed E-state index contributed by atoms with van der Waals surface area (Å²) in [6, 6.07) is 6.25. The lowest BCUT2D eigenvalue weighted by Crippen LogP contribution is -2.08. The van der Waals surface area contributed by atoms with Crippen molar-refractivity contribution in [2.75, 3.05) is 5.73 Å². The van der Waals surface area contributed by atoms with Gasteiger partial charge in [0.25, 0.3) is 0 Å². The van der Waals surface area contributed by atoms with Gasteiger partial charge in [0.15, 0.2) is 9.84 Å². The zero-order valence-corrected chi connectivity index (χ0v) is 12.8. The minimum atomic E-state index is -3.54. The molecule has 0 fully saturated rings. The second kappa shape index (κ2) is 5.48. The summed E-state index contributed by atoms with van der Waals surface area (Å²) in [4.78, 5) is 3.92. The van der Waals surface area contributed by atoms with Crippen LogP contribution in [0.2, 0.25) is 5.02 Å². The number of anilines is 1. The molecule has 1 aromatic carbocycles. The van der Waals surface area contributed by atoms with E-state index in [9.17, 15) is 8.42 Å². The van der Waals surface area contributed by atoms with E-state index in [4.69, 9.17) is 17.3 Å². The molecule has 0 spiro atoms. The number of hydrogen-bond donors (Lipinski definition) is 1. The second-order valence-electron chi connectivity index (χ2n) is 3.91. The van der Waals surface area contributed by atoms with Gasteiger partial charge in [0.2, 0.25) is 0 Å². The van der Waals surface area contributed by atoms with Crippen LogP contribution < -0.4 is 5.73 Å². The second-order valence-corrected chi connectivity index (χ2v) is 7.19. The Labute approximate surface area is 124 Å². The molecule has 0 saturated carbocycles. The van der Waals surface area contributed by atoms with Crippen LogP contribution in [-0.2, 0) is 15.6 Å². The predicted molar refractivity (Wildman–Crippen MR) is 78.7 cm³/mol. The highest BCUT2D eigenvalue weighted by atomic mass is 79.9. The fourth-order valence-electron chi connectivity index (χ4n) is 1.61. The van der Waals surface area contributed by atoms with E-state index in [-0.39, 0.29) is 16.3 Å². The summed E-state index contributed by atoms with van der Waals surface area (Å²) in [5.74, 6) is -0.208. The van der Waals surface area contributed by atoms with Gasteiger partial charge in [-0.1, -0.05) is 27.5 Å². The molecule has 2 N–H and O–H groups in total. The first kappa shape index (κ1) is 14.3. The Balaban J connectivity index is 2.41. The van der Waals surface area contributed by atoms with E-state index in [2.05, 4.69) is 20.9 Å². The minimum Gasteiger partial charge on any atom is -0.398 e. The molecule has 100 valence electrons. The summed E-state index contributed by atoms with van der Waals surface area (Å²) in [6.07, 6.45) is 2.92. The van der Waals surface area contributed by atoms with Crippen molar-refractivity contribution in [3.05, 3.63) is 51.7 Å². The molecule has 19 heavy (non-hydrogen) atoms. The Hall–Kier alpha value is -1.11. The summed E-state index contributed by atoms with van der Waals surface area (Å²) in [7, 11) is -3.54. The van der Waals surface area contributed by atoms with E-state index >= 15 is 0 Å². The van der Waals surface area contributed by atoms with Crippen LogP contribution in [0.25, 0.3) is 0 Å². The van der Waals surface area contributed by atoms with Crippen molar-refractivity contribution in [3.8, 4) is 0 Å². The molecule has 0 aliphatic rings. The smallest absolute Gasteiger partial charge is 0.184 e. The Morgan fingerprint density at radius 2 is 2.05 bits per heavy atom. The van der Waals surface area contributed by atoms with Gasteiger partial charge in [0.1, 0.15) is 0 Å². The maximum atomic E-state index is 12.3. The number of nitrogen functional groups attached to an aromatic ring is 1. The number of pyridine rings is 1. The molecule has 7 heteroatoms. The van der Waals surface area contributed by atoms with Crippen LogP contribution >= 0.6 is 27.5 Å². The van der Waals surface area contributed by atoms with E-state index in [1.165, 1.54) is 18.5 Å². The quantitative estimate of drug-likeness (QED) is 0.853.